The minimum absolute atomic E-state index is 0.0261. The number of ether oxygens (including phenoxy) is 2. The van der Waals surface area contributed by atoms with Gasteiger partial charge < -0.3 is 20.1 Å². The Bertz CT molecular complexity index is 1310. The molecule has 2 aliphatic rings. The molecule has 3 aromatic rings. The topological polar surface area (TPSA) is 59.6 Å². The number of anilines is 2. The number of hydrogen-bond donors (Lipinski definition) is 2. The normalized spacial score (nSPS) is 19.1. The summed E-state index contributed by atoms with van der Waals surface area (Å²) in [6.45, 7) is 2.43. The van der Waals surface area contributed by atoms with Crippen LogP contribution in [0.25, 0.3) is 0 Å². The van der Waals surface area contributed by atoms with Crippen LogP contribution in [0.3, 0.4) is 0 Å². The van der Waals surface area contributed by atoms with Gasteiger partial charge in [-0.15, -0.1) is 0 Å². The molecule has 0 bridgehead atoms. The maximum Gasteiger partial charge on any atom is 0.175 e. The van der Waals surface area contributed by atoms with Crippen LogP contribution in [0.5, 0.6) is 11.5 Å². The Morgan fingerprint density at radius 2 is 1.77 bits per heavy atom. The lowest BCUT2D eigenvalue weighted by Crippen LogP contribution is -2.27. The lowest BCUT2D eigenvalue weighted by atomic mass is 9.78. The van der Waals surface area contributed by atoms with E-state index < -0.39 is 0 Å². The summed E-state index contributed by atoms with van der Waals surface area (Å²) in [5.41, 5.74) is 5.24. The first-order valence-electron chi connectivity index (χ1n) is 11.6. The number of benzene rings is 3. The van der Waals surface area contributed by atoms with E-state index in [1.165, 1.54) is 12.1 Å². The van der Waals surface area contributed by atoms with Crippen LogP contribution in [-0.2, 0) is 4.79 Å². The molecule has 0 spiro atoms. The van der Waals surface area contributed by atoms with Crippen molar-refractivity contribution >= 4 is 33.1 Å². The molecule has 180 valence electrons. The molecule has 0 saturated carbocycles. The second-order valence-electron chi connectivity index (χ2n) is 8.69. The maximum atomic E-state index is 13.7. The van der Waals surface area contributed by atoms with Gasteiger partial charge in [0.1, 0.15) is 5.82 Å². The van der Waals surface area contributed by atoms with Gasteiger partial charge in [-0.3, -0.25) is 4.79 Å². The van der Waals surface area contributed by atoms with Gasteiger partial charge in [-0.2, -0.15) is 0 Å². The van der Waals surface area contributed by atoms with Crippen LogP contribution in [0, 0.1) is 5.82 Å². The fourth-order valence-electron chi connectivity index (χ4n) is 4.90. The summed E-state index contributed by atoms with van der Waals surface area (Å²) in [5.74, 6) is 0.977. The highest BCUT2D eigenvalue weighted by atomic mass is 79.9. The van der Waals surface area contributed by atoms with E-state index in [-0.39, 0.29) is 23.6 Å². The minimum atomic E-state index is -0.385. The highest BCUT2D eigenvalue weighted by molar-refractivity contribution is 9.10. The summed E-state index contributed by atoms with van der Waals surface area (Å²) in [6.07, 6.45) is 1.00. The first-order chi connectivity index (χ1) is 17.0. The number of hydrogen-bond acceptors (Lipinski definition) is 5. The van der Waals surface area contributed by atoms with Crippen LogP contribution >= 0.6 is 15.9 Å². The van der Waals surface area contributed by atoms with Gasteiger partial charge in [-0.1, -0.05) is 24.3 Å². The second-order valence-corrected chi connectivity index (χ2v) is 9.54. The molecule has 0 saturated heterocycles. The quantitative estimate of drug-likeness (QED) is 0.368. The van der Waals surface area contributed by atoms with Crippen molar-refractivity contribution in [2.24, 2.45) is 0 Å². The second kappa shape index (κ2) is 9.74. The highest BCUT2D eigenvalue weighted by Crippen LogP contribution is 2.46. The Hall–Kier alpha value is -3.32. The fourth-order valence-corrected chi connectivity index (χ4v) is 5.48. The average Bonchev–Trinajstić information content (AvgIpc) is 3.02. The van der Waals surface area contributed by atoms with Crippen LogP contribution in [-0.4, -0.2) is 19.5 Å². The Labute approximate surface area is 212 Å². The van der Waals surface area contributed by atoms with E-state index in [0.29, 0.717) is 36.5 Å². The van der Waals surface area contributed by atoms with Gasteiger partial charge in [-0.05, 0) is 82.7 Å². The van der Waals surface area contributed by atoms with Gasteiger partial charge in [0.15, 0.2) is 17.3 Å². The van der Waals surface area contributed by atoms with Crippen LogP contribution < -0.4 is 20.1 Å². The molecule has 3 aromatic carbocycles. The van der Waals surface area contributed by atoms with Gasteiger partial charge >= 0.3 is 0 Å². The largest absolute Gasteiger partial charge is 0.493 e. The molecule has 7 heteroatoms. The van der Waals surface area contributed by atoms with Gasteiger partial charge in [0.2, 0.25) is 0 Å². The standard InChI is InChI=1S/C28H26BrFN2O3/c1-3-35-28-20(29)12-18(15-25(28)34-2)27-26-23(31-21-6-4-5-7-22(21)32-27)13-17(14-24(26)33)16-8-10-19(30)11-9-16/h4-12,15,17,27,31-32H,3,13-14H2,1-2H3. The smallest absolute Gasteiger partial charge is 0.175 e. The maximum absolute atomic E-state index is 13.7. The first-order valence-corrected chi connectivity index (χ1v) is 12.4. The molecule has 0 radical (unpaired) electrons. The van der Waals surface area contributed by atoms with Gasteiger partial charge in [0, 0.05) is 17.7 Å². The third-order valence-corrected chi connectivity index (χ3v) is 7.11. The van der Waals surface area contributed by atoms with Crippen molar-refractivity contribution in [3.8, 4) is 11.5 Å². The number of halogens is 2. The zero-order valence-electron chi connectivity index (χ0n) is 19.5. The third kappa shape index (κ3) is 4.52. The molecule has 1 heterocycles. The van der Waals surface area contributed by atoms with Crippen molar-refractivity contribution in [2.75, 3.05) is 24.4 Å². The fraction of sp³-hybridized carbons (Fsp3) is 0.250. The predicted molar refractivity (Wildman–Crippen MR) is 139 cm³/mol. The number of ketones is 1. The summed E-state index contributed by atoms with van der Waals surface area (Å²) in [5, 5.41) is 7.12. The van der Waals surface area contributed by atoms with Crippen molar-refractivity contribution < 1.29 is 18.7 Å². The van der Waals surface area contributed by atoms with E-state index in [0.717, 1.165) is 32.7 Å². The Kier molecular flexibility index (Phi) is 6.52. The highest BCUT2D eigenvalue weighted by Gasteiger charge is 2.36. The minimum Gasteiger partial charge on any atom is -0.493 e. The zero-order valence-corrected chi connectivity index (χ0v) is 21.1. The van der Waals surface area contributed by atoms with Crippen LogP contribution in [0.2, 0.25) is 0 Å². The number of carbonyl (C=O) groups is 1. The van der Waals surface area contributed by atoms with Crippen LogP contribution in [0.4, 0.5) is 15.8 Å². The van der Waals surface area contributed by atoms with E-state index in [1.54, 1.807) is 19.2 Å². The van der Waals surface area contributed by atoms with Crippen LogP contribution in [0.1, 0.15) is 42.9 Å². The molecular formula is C28H26BrFN2O3. The van der Waals surface area contributed by atoms with E-state index in [2.05, 4.69) is 26.6 Å². The van der Waals surface area contributed by atoms with E-state index >= 15 is 0 Å². The molecule has 2 atom stereocenters. The number of methoxy groups -OCH3 is 1. The number of rotatable bonds is 5. The molecule has 5 nitrogen and oxygen atoms in total. The van der Waals surface area contributed by atoms with Gasteiger partial charge in [0.05, 0.1) is 35.6 Å². The van der Waals surface area contributed by atoms with Crippen molar-refractivity contribution in [1.29, 1.82) is 0 Å². The molecule has 35 heavy (non-hydrogen) atoms. The molecule has 0 fully saturated rings. The lowest BCUT2D eigenvalue weighted by Gasteiger charge is -2.30. The summed E-state index contributed by atoms with van der Waals surface area (Å²) >= 11 is 3.63. The molecule has 5 rings (SSSR count). The first kappa shape index (κ1) is 23.4. The van der Waals surface area contributed by atoms with Gasteiger partial charge in [0.25, 0.3) is 0 Å². The predicted octanol–water partition coefficient (Wildman–Crippen LogP) is 6.98. The number of carbonyl (C=O) groups excluding carboxylic acids is 1. The summed E-state index contributed by atoms with van der Waals surface area (Å²) in [6, 6.07) is 17.9. The number of nitrogens with one attached hydrogen (secondary N) is 2. The molecule has 0 amide bonds. The van der Waals surface area contributed by atoms with E-state index in [9.17, 15) is 9.18 Å². The molecule has 0 aromatic heterocycles. The molecular weight excluding hydrogens is 511 g/mol. The van der Waals surface area contributed by atoms with Crippen molar-refractivity contribution in [3.63, 3.8) is 0 Å². The van der Waals surface area contributed by atoms with Crippen molar-refractivity contribution in [3.05, 3.63) is 93.4 Å². The number of allylic oxidation sites excluding steroid dienone is 1. The van der Waals surface area contributed by atoms with Crippen molar-refractivity contribution in [1.82, 2.24) is 0 Å². The van der Waals surface area contributed by atoms with E-state index in [1.807, 2.05) is 43.3 Å². The Morgan fingerprint density at radius 3 is 2.49 bits per heavy atom. The third-order valence-electron chi connectivity index (χ3n) is 6.52. The molecule has 1 aliphatic heterocycles. The number of para-hydroxylation sites is 2. The van der Waals surface area contributed by atoms with Crippen LogP contribution in [0.15, 0.2) is 76.4 Å². The van der Waals surface area contributed by atoms with Gasteiger partial charge in [-0.25, -0.2) is 4.39 Å². The monoisotopic (exact) mass is 536 g/mol. The van der Waals surface area contributed by atoms with Crippen molar-refractivity contribution in [2.45, 2.75) is 31.7 Å². The lowest BCUT2D eigenvalue weighted by molar-refractivity contribution is -0.116. The molecule has 2 N–H and O–H groups in total. The summed E-state index contributed by atoms with van der Waals surface area (Å²) < 4.78 is 25.7. The Balaban J connectivity index is 1.62. The summed E-state index contributed by atoms with van der Waals surface area (Å²) in [4.78, 5) is 13.7. The SMILES string of the molecule is CCOc1c(Br)cc(C2Nc3ccccc3NC3=C2C(=O)CC(c2ccc(F)cc2)C3)cc1OC. The molecule has 2 unspecified atom stereocenters. The number of Topliss-reactive ketones (excluding diaryl/α,β-unsaturated/α-hetero) is 1. The average molecular weight is 537 g/mol. The number of fused-ring (bicyclic) bond motifs is 1. The Morgan fingerprint density at radius 1 is 1.03 bits per heavy atom. The summed E-state index contributed by atoms with van der Waals surface area (Å²) in [7, 11) is 1.61. The zero-order chi connectivity index (χ0) is 24.5. The molecule has 1 aliphatic carbocycles. The van der Waals surface area contributed by atoms with E-state index in [4.69, 9.17) is 9.47 Å².